The van der Waals surface area contributed by atoms with Crippen LogP contribution >= 0.6 is 23.2 Å². The molecular weight excluding hydrogens is 303 g/mol. The first kappa shape index (κ1) is 14.4. The summed E-state index contributed by atoms with van der Waals surface area (Å²) in [6.07, 6.45) is 0. The Morgan fingerprint density at radius 1 is 1.00 bits per heavy atom. The molecule has 0 radical (unpaired) electrons. The standard InChI is InChI=1S/C14H12Cl2O2S/c1-10-5-7-12(8-6-10)19(17,18)9-11-3-2-4-13(15)14(11)16/h2-8H,9H2,1H3. The lowest BCUT2D eigenvalue weighted by molar-refractivity contribution is 0.595. The highest BCUT2D eigenvalue weighted by molar-refractivity contribution is 7.90. The molecule has 0 aliphatic carbocycles. The van der Waals surface area contributed by atoms with Crippen LogP contribution in [0.5, 0.6) is 0 Å². The third kappa shape index (κ3) is 3.30. The molecule has 0 heterocycles. The molecule has 0 N–H and O–H groups in total. The molecule has 0 spiro atoms. The SMILES string of the molecule is Cc1ccc(S(=O)(=O)Cc2cccc(Cl)c2Cl)cc1. The van der Waals surface area contributed by atoms with Crippen molar-refractivity contribution in [3.8, 4) is 0 Å². The predicted molar refractivity (Wildman–Crippen MR) is 78.5 cm³/mol. The zero-order valence-corrected chi connectivity index (χ0v) is 12.6. The molecule has 100 valence electrons. The molecular formula is C14H12Cl2O2S. The van der Waals surface area contributed by atoms with Gasteiger partial charge in [-0.2, -0.15) is 0 Å². The van der Waals surface area contributed by atoms with Gasteiger partial charge in [-0.1, -0.05) is 53.0 Å². The Balaban J connectivity index is 2.36. The monoisotopic (exact) mass is 314 g/mol. The summed E-state index contributed by atoms with van der Waals surface area (Å²) in [5.41, 5.74) is 1.52. The van der Waals surface area contributed by atoms with E-state index >= 15 is 0 Å². The van der Waals surface area contributed by atoms with E-state index in [1.807, 2.05) is 6.92 Å². The molecule has 0 saturated carbocycles. The Morgan fingerprint density at radius 3 is 2.26 bits per heavy atom. The lowest BCUT2D eigenvalue weighted by Crippen LogP contribution is -2.05. The first-order valence-electron chi connectivity index (χ1n) is 5.62. The Morgan fingerprint density at radius 2 is 1.63 bits per heavy atom. The first-order chi connectivity index (χ1) is 8.90. The summed E-state index contributed by atoms with van der Waals surface area (Å²) < 4.78 is 24.5. The zero-order valence-electron chi connectivity index (χ0n) is 10.2. The number of benzene rings is 2. The van der Waals surface area contributed by atoms with Gasteiger partial charge < -0.3 is 0 Å². The summed E-state index contributed by atoms with van der Waals surface area (Å²) in [7, 11) is -3.41. The molecule has 0 fully saturated rings. The third-order valence-corrected chi connectivity index (χ3v) is 5.30. The molecule has 2 nitrogen and oxygen atoms in total. The average molecular weight is 315 g/mol. The fourth-order valence-corrected chi connectivity index (χ4v) is 3.53. The van der Waals surface area contributed by atoms with Crippen molar-refractivity contribution in [3.63, 3.8) is 0 Å². The summed E-state index contributed by atoms with van der Waals surface area (Å²) in [6.45, 7) is 1.91. The van der Waals surface area contributed by atoms with Crippen LogP contribution in [0.15, 0.2) is 47.4 Å². The highest BCUT2D eigenvalue weighted by atomic mass is 35.5. The summed E-state index contributed by atoms with van der Waals surface area (Å²) >= 11 is 11.9. The van der Waals surface area contributed by atoms with Crippen LogP contribution in [0.1, 0.15) is 11.1 Å². The Kier molecular flexibility index (Phi) is 4.19. The summed E-state index contributed by atoms with van der Waals surface area (Å²) in [6, 6.07) is 11.7. The van der Waals surface area contributed by atoms with Gasteiger partial charge in [-0.05, 0) is 30.7 Å². The van der Waals surface area contributed by atoms with Crippen LogP contribution in [0, 0.1) is 6.92 Å². The summed E-state index contributed by atoms with van der Waals surface area (Å²) in [4.78, 5) is 0.286. The molecule has 2 rings (SSSR count). The molecule has 0 aliphatic rings. The maximum atomic E-state index is 12.3. The normalized spacial score (nSPS) is 11.5. The van der Waals surface area contributed by atoms with Crippen molar-refractivity contribution in [2.45, 2.75) is 17.6 Å². The molecule has 0 atom stereocenters. The number of hydrogen-bond donors (Lipinski definition) is 0. The first-order valence-corrected chi connectivity index (χ1v) is 8.03. The number of halogens is 2. The number of sulfone groups is 1. The molecule has 0 saturated heterocycles. The van der Waals surface area contributed by atoms with Gasteiger partial charge in [0, 0.05) is 0 Å². The van der Waals surface area contributed by atoms with Crippen molar-refractivity contribution in [2.24, 2.45) is 0 Å². The number of aryl methyl sites for hydroxylation is 1. The van der Waals surface area contributed by atoms with E-state index in [1.165, 1.54) is 0 Å². The lowest BCUT2D eigenvalue weighted by Gasteiger charge is -2.07. The van der Waals surface area contributed by atoms with Crippen LogP contribution in [0.2, 0.25) is 10.0 Å². The largest absolute Gasteiger partial charge is 0.223 e. The molecule has 19 heavy (non-hydrogen) atoms. The lowest BCUT2D eigenvalue weighted by atomic mass is 10.2. The Hall–Kier alpha value is -1.03. The molecule has 0 amide bonds. The van der Waals surface area contributed by atoms with Crippen LogP contribution in [0.4, 0.5) is 0 Å². The van der Waals surface area contributed by atoms with Crippen LogP contribution in [0.25, 0.3) is 0 Å². The molecule has 0 aromatic heterocycles. The van der Waals surface area contributed by atoms with Gasteiger partial charge in [0.1, 0.15) is 0 Å². The number of rotatable bonds is 3. The third-order valence-electron chi connectivity index (χ3n) is 2.76. The fourth-order valence-electron chi connectivity index (χ4n) is 1.69. The second kappa shape index (κ2) is 5.53. The van der Waals surface area contributed by atoms with E-state index in [4.69, 9.17) is 23.2 Å². The zero-order chi connectivity index (χ0) is 14.0. The van der Waals surface area contributed by atoms with E-state index in [1.54, 1.807) is 42.5 Å². The van der Waals surface area contributed by atoms with Crippen LogP contribution in [0.3, 0.4) is 0 Å². The minimum atomic E-state index is -3.41. The van der Waals surface area contributed by atoms with E-state index in [9.17, 15) is 8.42 Å². The molecule has 5 heteroatoms. The molecule has 2 aromatic carbocycles. The maximum Gasteiger partial charge on any atom is 0.182 e. The minimum absolute atomic E-state index is 0.157. The van der Waals surface area contributed by atoms with Gasteiger partial charge in [0.2, 0.25) is 0 Å². The van der Waals surface area contributed by atoms with Crippen molar-refractivity contribution < 1.29 is 8.42 Å². The van der Waals surface area contributed by atoms with Crippen molar-refractivity contribution in [2.75, 3.05) is 0 Å². The van der Waals surface area contributed by atoms with Crippen LogP contribution in [-0.2, 0) is 15.6 Å². The van der Waals surface area contributed by atoms with Crippen molar-refractivity contribution >= 4 is 33.0 Å². The quantitative estimate of drug-likeness (QED) is 0.847. The van der Waals surface area contributed by atoms with Gasteiger partial charge in [-0.25, -0.2) is 8.42 Å². The fraction of sp³-hybridized carbons (Fsp3) is 0.143. The molecule has 0 bridgehead atoms. The summed E-state index contributed by atoms with van der Waals surface area (Å²) in [5, 5.41) is 0.651. The number of hydrogen-bond acceptors (Lipinski definition) is 2. The van der Waals surface area contributed by atoms with Gasteiger partial charge in [0.25, 0.3) is 0 Å². The van der Waals surface area contributed by atoms with Gasteiger partial charge in [-0.15, -0.1) is 0 Å². The Bertz CT molecular complexity index is 692. The second-order valence-corrected chi connectivity index (χ2v) is 7.06. The molecule has 2 aromatic rings. The highest BCUT2D eigenvalue weighted by Crippen LogP contribution is 2.28. The molecule has 0 unspecified atom stereocenters. The van der Waals surface area contributed by atoms with Gasteiger partial charge in [0.05, 0.1) is 20.7 Å². The summed E-state index contributed by atoms with van der Waals surface area (Å²) in [5.74, 6) is -0.157. The maximum absolute atomic E-state index is 12.3. The topological polar surface area (TPSA) is 34.1 Å². The van der Waals surface area contributed by atoms with E-state index in [2.05, 4.69) is 0 Å². The molecule has 0 aliphatic heterocycles. The van der Waals surface area contributed by atoms with E-state index in [0.717, 1.165) is 5.56 Å². The predicted octanol–water partition coefficient (Wildman–Crippen LogP) is 4.28. The van der Waals surface area contributed by atoms with Gasteiger partial charge in [0.15, 0.2) is 9.84 Å². The van der Waals surface area contributed by atoms with Crippen molar-refractivity contribution in [3.05, 3.63) is 63.6 Å². The van der Waals surface area contributed by atoms with E-state index < -0.39 is 9.84 Å². The van der Waals surface area contributed by atoms with Crippen molar-refractivity contribution in [1.82, 2.24) is 0 Å². The average Bonchev–Trinajstić information content (AvgIpc) is 2.35. The van der Waals surface area contributed by atoms with E-state index in [0.29, 0.717) is 15.6 Å². The second-order valence-electron chi connectivity index (χ2n) is 4.29. The van der Waals surface area contributed by atoms with E-state index in [-0.39, 0.29) is 10.6 Å². The Labute approximate surface area is 122 Å². The highest BCUT2D eigenvalue weighted by Gasteiger charge is 2.17. The van der Waals surface area contributed by atoms with Gasteiger partial charge in [-0.3, -0.25) is 0 Å². The van der Waals surface area contributed by atoms with Crippen LogP contribution < -0.4 is 0 Å². The minimum Gasteiger partial charge on any atom is -0.223 e. The van der Waals surface area contributed by atoms with Crippen LogP contribution in [-0.4, -0.2) is 8.42 Å². The van der Waals surface area contributed by atoms with Crippen molar-refractivity contribution in [1.29, 1.82) is 0 Å². The smallest absolute Gasteiger partial charge is 0.182 e. The van der Waals surface area contributed by atoms with Gasteiger partial charge >= 0.3 is 0 Å².